The Labute approximate surface area is 384 Å². The Kier molecular flexibility index (Phi) is 9.97. The number of nitrogens with zero attached hydrogens (tertiary/aromatic N) is 2. The molecule has 3 aromatic heterocycles. The second-order valence-corrected chi connectivity index (χ2v) is 27.3. The first-order valence-corrected chi connectivity index (χ1v) is 27.7. The minimum atomic E-state index is -2.24. The molecular formula is C56H48GeIrN2O-2. The van der Waals surface area contributed by atoms with Crippen LogP contribution in [0.3, 0.4) is 0 Å². The van der Waals surface area contributed by atoms with Crippen molar-refractivity contribution in [1.29, 1.82) is 0 Å². The normalized spacial score (nSPS) is 13.4. The van der Waals surface area contributed by atoms with Gasteiger partial charge < -0.3 is 9.40 Å². The maximum atomic E-state index is 8.01. The Hall–Kier alpha value is -5.65. The molecule has 0 fully saturated rings. The Balaban J connectivity index is 0.000000180. The summed E-state index contributed by atoms with van der Waals surface area (Å²) in [5.74, 6) is 7.57. The van der Waals surface area contributed by atoms with E-state index in [1.165, 1.54) is 38.9 Å². The number of rotatable bonds is 6. The van der Waals surface area contributed by atoms with Gasteiger partial charge in [0.25, 0.3) is 0 Å². The van der Waals surface area contributed by atoms with Gasteiger partial charge in [0.2, 0.25) is 0 Å². The number of fused-ring (bicyclic) bond motifs is 8. The first-order chi connectivity index (χ1) is 31.5. The van der Waals surface area contributed by atoms with Crippen LogP contribution < -0.4 is 4.40 Å². The molecular weight excluding hydrogens is 981 g/mol. The molecule has 0 amide bonds. The van der Waals surface area contributed by atoms with E-state index in [2.05, 4.69) is 120 Å². The molecule has 5 heteroatoms. The summed E-state index contributed by atoms with van der Waals surface area (Å²) in [5.41, 5.74) is 10.1. The number of aromatic nitrogens is 2. The van der Waals surface area contributed by atoms with Crippen molar-refractivity contribution in [3.8, 4) is 44.8 Å². The summed E-state index contributed by atoms with van der Waals surface area (Å²) in [7, 11) is 0. The molecule has 0 aliphatic heterocycles. The van der Waals surface area contributed by atoms with Gasteiger partial charge in [0.1, 0.15) is 5.58 Å². The summed E-state index contributed by atoms with van der Waals surface area (Å²) in [4.78, 5) is 8.98. The molecule has 303 valence electrons. The summed E-state index contributed by atoms with van der Waals surface area (Å²) in [5, 5.41) is 6.59. The summed E-state index contributed by atoms with van der Waals surface area (Å²) < 4.78 is 54.7. The fourth-order valence-electron chi connectivity index (χ4n) is 8.09. The molecule has 1 radical (unpaired) electrons. The molecule has 0 saturated carbocycles. The van der Waals surface area contributed by atoms with Gasteiger partial charge in [-0.05, 0) is 34.3 Å². The number of furan rings is 1. The second kappa shape index (κ2) is 17.4. The molecule has 10 aromatic rings. The van der Waals surface area contributed by atoms with Gasteiger partial charge in [-0.1, -0.05) is 89.8 Å². The number of benzene rings is 7. The molecule has 0 atom stereocenters. The van der Waals surface area contributed by atoms with Crippen LogP contribution in [0.15, 0.2) is 162 Å². The average Bonchev–Trinajstić information content (AvgIpc) is 3.72. The van der Waals surface area contributed by atoms with Crippen LogP contribution in [0.4, 0.5) is 0 Å². The van der Waals surface area contributed by atoms with Crippen LogP contribution in [-0.2, 0) is 20.1 Å². The van der Waals surface area contributed by atoms with Crippen molar-refractivity contribution in [1.82, 2.24) is 9.97 Å². The Morgan fingerprint density at radius 2 is 1.28 bits per heavy atom. The molecule has 10 rings (SSSR count). The number of pyridine rings is 2. The van der Waals surface area contributed by atoms with Crippen molar-refractivity contribution in [2.75, 3.05) is 0 Å². The first-order valence-electron chi connectivity index (χ1n) is 23.3. The Bertz CT molecular complexity index is 3390. The molecule has 0 bridgehead atoms. The van der Waals surface area contributed by atoms with Crippen molar-refractivity contribution in [3.63, 3.8) is 0 Å². The van der Waals surface area contributed by atoms with Crippen LogP contribution in [0.1, 0.15) is 44.7 Å². The third kappa shape index (κ3) is 8.25. The molecule has 3 nitrogen and oxygen atoms in total. The van der Waals surface area contributed by atoms with Crippen molar-refractivity contribution in [2.24, 2.45) is 0 Å². The summed E-state index contributed by atoms with van der Waals surface area (Å²) in [6.45, 7) is -0.0328. The predicted molar refractivity (Wildman–Crippen MR) is 257 cm³/mol. The smallest absolute Gasteiger partial charge is 0.0622 e. The van der Waals surface area contributed by atoms with E-state index in [0.717, 1.165) is 54.9 Å². The average molecular weight is 1040 g/mol. The van der Waals surface area contributed by atoms with Gasteiger partial charge in [-0.3, -0.25) is 0 Å². The molecule has 7 aromatic carbocycles. The number of hydrogen-bond donors (Lipinski definition) is 0. The molecule has 61 heavy (non-hydrogen) atoms. The fraction of sp³-hybridized carbons (Fsp3) is 0.143. The van der Waals surface area contributed by atoms with Gasteiger partial charge >= 0.3 is 178 Å². The van der Waals surface area contributed by atoms with Crippen LogP contribution in [0, 0.1) is 25.8 Å². The van der Waals surface area contributed by atoms with Crippen LogP contribution in [0.5, 0.6) is 0 Å². The molecule has 0 aliphatic carbocycles. The van der Waals surface area contributed by atoms with Crippen LogP contribution in [0.2, 0.25) is 17.3 Å². The van der Waals surface area contributed by atoms with Crippen LogP contribution in [-0.4, -0.2) is 23.2 Å². The van der Waals surface area contributed by atoms with Gasteiger partial charge in [0.15, 0.2) is 0 Å². The van der Waals surface area contributed by atoms with Crippen LogP contribution in [0.25, 0.3) is 88.3 Å². The second-order valence-electron chi connectivity index (χ2n) is 16.6. The van der Waals surface area contributed by atoms with Crippen molar-refractivity contribution >= 4 is 61.1 Å². The zero-order chi connectivity index (χ0) is 46.5. The molecule has 0 saturated heterocycles. The molecule has 0 N–H and O–H groups in total. The topological polar surface area (TPSA) is 38.9 Å². The summed E-state index contributed by atoms with van der Waals surface area (Å²) >= 11 is -1.89. The molecule has 0 unspecified atom stereocenters. The monoisotopic (exact) mass is 1040 g/mol. The third-order valence-electron chi connectivity index (χ3n) is 11.3. The fourth-order valence-corrected chi connectivity index (χ4v) is 10.5. The van der Waals surface area contributed by atoms with E-state index in [4.69, 9.17) is 12.6 Å². The zero-order valence-corrected chi connectivity index (χ0v) is 39.2. The minimum Gasteiger partial charge on any atom is -0.0622 e. The van der Waals surface area contributed by atoms with Gasteiger partial charge in [0, 0.05) is 45.3 Å². The minimum absolute atomic E-state index is 0. The first kappa shape index (κ1) is 35.0. The van der Waals surface area contributed by atoms with Crippen LogP contribution >= 0.6 is 0 Å². The number of hydrogen-bond acceptors (Lipinski definition) is 3. The van der Waals surface area contributed by atoms with E-state index in [9.17, 15) is 0 Å². The SMILES string of the molecule is [2H]C([2H])([2H])c1ccc(-c2[c-]ccc3c2oc2c4ccccc4c4ccccc4c32)nc1.[2H]C([2H])([2H])c1cnc(-c2[c-]cc(C(C)C)c(-c3cc[c]([Ge]([CH3])([CH3])[CH3])cc3)c2)cc1-c1ccccc1.[Ir]. The van der Waals surface area contributed by atoms with Gasteiger partial charge in [-0.2, -0.15) is 0 Å². The van der Waals surface area contributed by atoms with E-state index in [-0.39, 0.29) is 31.2 Å². The van der Waals surface area contributed by atoms with E-state index in [0.29, 0.717) is 22.8 Å². The summed E-state index contributed by atoms with van der Waals surface area (Å²) in [6.07, 6.45) is 2.90. The summed E-state index contributed by atoms with van der Waals surface area (Å²) in [6, 6.07) is 55.3. The Morgan fingerprint density at radius 3 is 1.95 bits per heavy atom. The quantitative estimate of drug-likeness (QED) is 0.0946. The van der Waals surface area contributed by atoms with Crippen molar-refractivity contribution in [2.45, 2.75) is 50.7 Å². The van der Waals surface area contributed by atoms with Crippen molar-refractivity contribution < 1.29 is 32.7 Å². The Morgan fingerprint density at radius 1 is 0.607 bits per heavy atom. The van der Waals surface area contributed by atoms with Gasteiger partial charge in [-0.15, -0.1) is 18.2 Å². The predicted octanol–water partition coefficient (Wildman–Crippen LogP) is 14.9. The van der Waals surface area contributed by atoms with Gasteiger partial charge in [0.05, 0.1) is 5.58 Å². The van der Waals surface area contributed by atoms with Crippen molar-refractivity contribution in [3.05, 3.63) is 187 Å². The molecule has 3 heterocycles. The third-order valence-corrected chi connectivity index (χ3v) is 15.6. The zero-order valence-electron chi connectivity index (χ0n) is 40.7. The standard InChI is InChI=1S/C30H32GeN.C26H16NO.Ir/c1-21(2)27-17-14-25(18-29(27)24-12-15-26(16-13-24)31(4,5)6)30-19-28(22(3)20-32-30)23-10-8-7-9-11-23;1-16-13-14-23(27-15-16)21-11-6-12-22-24-19-9-4-2-7-17(19)18-8-3-5-10-20(18)26(24)28-25(21)22;/h7-13,15-21H,1-6H3;2-10,12-15H,1H3;/q2*-1;/i3D3;1D3;. The van der Waals surface area contributed by atoms with E-state index < -0.39 is 27.0 Å². The van der Waals surface area contributed by atoms with Gasteiger partial charge in [-0.25, -0.2) is 0 Å². The van der Waals surface area contributed by atoms with E-state index >= 15 is 0 Å². The van der Waals surface area contributed by atoms with E-state index in [1.807, 2.05) is 66.7 Å². The molecule has 0 aliphatic rings. The van der Waals surface area contributed by atoms with E-state index in [1.54, 1.807) is 12.1 Å². The maximum absolute atomic E-state index is 8.01. The molecule has 0 spiro atoms. The number of aryl methyl sites for hydroxylation is 2.